The highest BCUT2D eigenvalue weighted by Gasteiger charge is 2.22. The van der Waals surface area contributed by atoms with E-state index in [1.54, 1.807) is 17.5 Å². The van der Waals surface area contributed by atoms with E-state index in [1.807, 2.05) is 0 Å². The summed E-state index contributed by atoms with van der Waals surface area (Å²) in [6, 6.07) is 4.82. The second-order valence-corrected chi connectivity index (χ2v) is 5.70. The Kier molecular flexibility index (Phi) is 4.27. The largest absolute Gasteiger partial charge is 0.495 e. The van der Waals surface area contributed by atoms with Crippen molar-refractivity contribution in [1.29, 1.82) is 0 Å². The van der Waals surface area contributed by atoms with Crippen molar-refractivity contribution in [1.82, 2.24) is 0 Å². The van der Waals surface area contributed by atoms with Crippen LogP contribution in [0.2, 0.25) is 5.02 Å². The molecule has 1 N–H and O–H groups in total. The first-order valence-corrected chi connectivity index (χ1v) is 7.04. The molecular formula is C12H9BrClFO2S. The fraction of sp³-hybridized carbons (Fsp3) is 0.167. The number of rotatable bonds is 3. The number of benzene rings is 1. The molecule has 0 bridgehead atoms. The number of hydrogen-bond acceptors (Lipinski definition) is 3. The van der Waals surface area contributed by atoms with Crippen LogP contribution in [0.5, 0.6) is 5.75 Å². The minimum absolute atomic E-state index is 0.0397. The highest BCUT2D eigenvalue weighted by Crippen LogP contribution is 2.38. The number of aliphatic hydroxyl groups excluding tert-OH is 1. The molecule has 0 radical (unpaired) electrons. The average molecular weight is 352 g/mol. The molecule has 1 atom stereocenters. The van der Waals surface area contributed by atoms with Gasteiger partial charge in [-0.15, -0.1) is 11.3 Å². The Morgan fingerprint density at radius 1 is 1.44 bits per heavy atom. The van der Waals surface area contributed by atoms with Gasteiger partial charge in [0.25, 0.3) is 0 Å². The van der Waals surface area contributed by atoms with E-state index in [0.29, 0.717) is 15.1 Å². The van der Waals surface area contributed by atoms with Crippen molar-refractivity contribution in [2.75, 3.05) is 7.11 Å². The summed E-state index contributed by atoms with van der Waals surface area (Å²) in [7, 11) is 1.50. The predicted octanol–water partition coefficient (Wildman–Crippen LogP) is 4.39. The van der Waals surface area contributed by atoms with Gasteiger partial charge in [-0.3, -0.25) is 0 Å². The van der Waals surface area contributed by atoms with Gasteiger partial charge in [-0.1, -0.05) is 17.7 Å². The molecule has 0 spiro atoms. The number of methoxy groups -OCH3 is 1. The third-order valence-electron chi connectivity index (χ3n) is 2.49. The Hall–Kier alpha value is -0.620. The molecule has 1 aromatic carbocycles. The molecular weight excluding hydrogens is 343 g/mol. The van der Waals surface area contributed by atoms with Crippen LogP contribution in [-0.4, -0.2) is 12.2 Å². The molecule has 0 aliphatic heterocycles. The molecule has 0 aliphatic rings. The second kappa shape index (κ2) is 5.57. The summed E-state index contributed by atoms with van der Waals surface area (Å²) in [5, 5.41) is 11.9. The minimum Gasteiger partial charge on any atom is -0.495 e. The van der Waals surface area contributed by atoms with Gasteiger partial charge in [0.15, 0.2) is 0 Å². The Labute approximate surface area is 121 Å². The van der Waals surface area contributed by atoms with E-state index in [-0.39, 0.29) is 10.6 Å². The van der Waals surface area contributed by atoms with Crippen molar-refractivity contribution >= 4 is 38.9 Å². The summed E-state index contributed by atoms with van der Waals surface area (Å²) in [6.07, 6.45) is -1.09. The SMILES string of the molecule is COc1ccsc1C(O)c1ccc(Br)c(Cl)c1F. The molecule has 2 nitrogen and oxygen atoms in total. The molecule has 0 amide bonds. The molecule has 0 fully saturated rings. The molecule has 1 unspecified atom stereocenters. The molecule has 0 saturated heterocycles. The molecule has 0 saturated carbocycles. The Morgan fingerprint density at radius 3 is 2.83 bits per heavy atom. The van der Waals surface area contributed by atoms with Crippen LogP contribution >= 0.6 is 38.9 Å². The fourth-order valence-electron chi connectivity index (χ4n) is 1.57. The lowest BCUT2D eigenvalue weighted by atomic mass is 10.1. The van der Waals surface area contributed by atoms with E-state index in [2.05, 4.69) is 15.9 Å². The third kappa shape index (κ3) is 2.40. The summed E-state index contributed by atoms with van der Waals surface area (Å²) in [6.45, 7) is 0. The highest BCUT2D eigenvalue weighted by atomic mass is 79.9. The van der Waals surface area contributed by atoms with Crippen molar-refractivity contribution < 1.29 is 14.2 Å². The number of ether oxygens (including phenoxy) is 1. The standard InChI is InChI=1S/C12H9BrClFO2S/c1-17-8-4-5-18-12(8)11(16)6-2-3-7(13)9(14)10(6)15/h2-5,11,16H,1H3. The van der Waals surface area contributed by atoms with Crippen LogP contribution in [-0.2, 0) is 0 Å². The lowest BCUT2D eigenvalue weighted by molar-refractivity contribution is 0.214. The molecule has 6 heteroatoms. The molecule has 1 aromatic heterocycles. The zero-order valence-electron chi connectivity index (χ0n) is 9.28. The highest BCUT2D eigenvalue weighted by molar-refractivity contribution is 9.10. The van der Waals surface area contributed by atoms with Crippen LogP contribution < -0.4 is 4.74 Å². The van der Waals surface area contributed by atoms with Crippen LogP contribution in [0, 0.1) is 5.82 Å². The second-order valence-electron chi connectivity index (χ2n) is 3.52. The normalized spacial score (nSPS) is 12.5. The molecule has 2 rings (SSSR count). The van der Waals surface area contributed by atoms with Gasteiger partial charge < -0.3 is 9.84 Å². The van der Waals surface area contributed by atoms with Crippen LogP contribution in [0.3, 0.4) is 0 Å². The quantitative estimate of drug-likeness (QED) is 0.831. The van der Waals surface area contributed by atoms with Crippen LogP contribution in [0.25, 0.3) is 0 Å². The van der Waals surface area contributed by atoms with Gasteiger partial charge in [0.1, 0.15) is 17.7 Å². The van der Waals surface area contributed by atoms with Crippen molar-refractivity contribution in [3.05, 3.63) is 49.3 Å². The first-order chi connectivity index (χ1) is 8.56. The summed E-state index contributed by atoms with van der Waals surface area (Å²) >= 11 is 10.2. The summed E-state index contributed by atoms with van der Waals surface area (Å²) in [5.41, 5.74) is 0.129. The monoisotopic (exact) mass is 350 g/mol. The summed E-state index contributed by atoms with van der Waals surface area (Å²) in [4.78, 5) is 0.551. The Morgan fingerprint density at radius 2 is 2.17 bits per heavy atom. The van der Waals surface area contributed by atoms with Crippen molar-refractivity contribution in [2.45, 2.75) is 6.10 Å². The van der Waals surface area contributed by atoms with Gasteiger partial charge in [-0.05, 0) is 33.4 Å². The minimum atomic E-state index is -1.09. The van der Waals surface area contributed by atoms with Crippen molar-refractivity contribution in [2.24, 2.45) is 0 Å². The van der Waals surface area contributed by atoms with E-state index < -0.39 is 11.9 Å². The number of halogens is 3. The number of hydrogen-bond donors (Lipinski definition) is 1. The maximum atomic E-state index is 14.0. The molecule has 2 aromatic rings. The first kappa shape index (κ1) is 13.8. The maximum absolute atomic E-state index is 14.0. The van der Waals surface area contributed by atoms with E-state index in [9.17, 15) is 9.50 Å². The zero-order valence-corrected chi connectivity index (χ0v) is 12.4. The lowest BCUT2D eigenvalue weighted by Gasteiger charge is -2.13. The summed E-state index contributed by atoms with van der Waals surface area (Å²) < 4.78 is 19.5. The smallest absolute Gasteiger partial charge is 0.149 e. The Balaban J connectivity index is 2.46. The van der Waals surface area contributed by atoms with E-state index in [1.165, 1.54) is 24.5 Å². The Bertz CT molecular complexity index is 573. The van der Waals surface area contributed by atoms with Gasteiger partial charge in [-0.2, -0.15) is 0 Å². The van der Waals surface area contributed by atoms with Gasteiger partial charge >= 0.3 is 0 Å². The van der Waals surface area contributed by atoms with Crippen molar-refractivity contribution in [3.8, 4) is 5.75 Å². The zero-order chi connectivity index (χ0) is 13.3. The molecule has 0 aliphatic carbocycles. The lowest BCUT2D eigenvalue weighted by Crippen LogP contribution is -2.03. The number of thiophene rings is 1. The van der Waals surface area contributed by atoms with Gasteiger partial charge in [0.2, 0.25) is 0 Å². The summed E-state index contributed by atoms with van der Waals surface area (Å²) in [5.74, 6) is -0.0973. The van der Waals surface area contributed by atoms with E-state index in [4.69, 9.17) is 16.3 Å². The molecule has 1 heterocycles. The van der Waals surface area contributed by atoms with Gasteiger partial charge in [0.05, 0.1) is 17.0 Å². The van der Waals surface area contributed by atoms with Crippen LogP contribution in [0.4, 0.5) is 4.39 Å². The van der Waals surface area contributed by atoms with Crippen molar-refractivity contribution in [3.63, 3.8) is 0 Å². The van der Waals surface area contributed by atoms with Crippen LogP contribution in [0.1, 0.15) is 16.5 Å². The average Bonchev–Trinajstić information content (AvgIpc) is 2.83. The van der Waals surface area contributed by atoms with E-state index in [0.717, 1.165) is 0 Å². The third-order valence-corrected chi connectivity index (χ3v) is 4.69. The molecule has 96 valence electrons. The van der Waals surface area contributed by atoms with Crippen LogP contribution in [0.15, 0.2) is 28.1 Å². The maximum Gasteiger partial charge on any atom is 0.149 e. The topological polar surface area (TPSA) is 29.5 Å². The van der Waals surface area contributed by atoms with Gasteiger partial charge in [-0.25, -0.2) is 4.39 Å². The number of aliphatic hydroxyl groups is 1. The first-order valence-electron chi connectivity index (χ1n) is 4.99. The fourth-order valence-corrected chi connectivity index (χ4v) is 2.91. The van der Waals surface area contributed by atoms with Gasteiger partial charge in [0, 0.05) is 10.0 Å². The predicted molar refractivity (Wildman–Crippen MR) is 74.0 cm³/mol. The van der Waals surface area contributed by atoms with E-state index >= 15 is 0 Å². The molecule has 18 heavy (non-hydrogen) atoms.